The molecule has 3 amide bonds. The third-order valence-electron chi connectivity index (χ3n) is 2.67. The maximum Gasteiger partial charge on any atom is 0.318 e. The molecule has 1 saturated heterocycles. The molecule has 86 valence electrons. The Labute approximate surface area is 89.0 Å². The number of amides is 3. The molecule has 0 saturated carbocycles. The zero-order chi connectivity index (χ0) is 11.3. The Kier molecular flexibility index (Phi) is 4.51. The second-order valence-corrected chi connectivity index (χ2v) is 3.87. The van der Waals surface area contributed by atoms with Crippen molar-refractivity contribution in [2.24, 2.45) is 17.4 Å². The lowest BCUT2D eigenvalue weighted by Crippen LogP contribution is -2.45. The van der Waals surface area contributed by atoms with Gasteiger partial charge in [-0.25, -0.2) is 4.79 Å². The van der Waals surface area contributed by atoms with Crippen molar-refractivity contribution in [1.29, 1.82) is 0 Å². The highest BCUT2D eigenvalue weighted by Gasteiger charge is 2.19. The number of carbonyl (C=O) groups excluding carboxylic acids is 2. The molecule has 0 aromatic carbocycles. The fourth-order valence-electron chi connectivity index (χ4n) is 1.76. The fourth-order valence-corrected chi connectivity index (χ4v) is 1.76. The molecule has 0 atom stereocenters. The minimum atomic E-state index is -0.795. The topological polar surface area (TPSA) is 101 Å². The number of imide groups is 1. The van der Waals surface area contributed by atoms with E-state index in [2.05, 4.69) is 0 Å². The molecule has 1 aliphatic heterocycles. The van der Waals surface area contributed by atoms with Crippen molar-refractivity contribution >= 4 is 11.9 Å². The van der Waals surface area contributed by atoms with Crippen molar-refractivity contribution in [1.82, 2.24) is 10.2 Å². The van der Waals surface area contributed by atoms with Crippen LogP contribution in [0.3, 0.4) is 0 Å². The molecular formula is C9H18N4O2. The van der Waals surface area contributed by atoms with E-state index in [-0.39, 0.29) is 12.5 Å². The van der Waals surface area contributed by atoms with E-state index in [0.717, 1.165) is 25.9 Å². The maximum atomic E-state index is 11.2. The van der Waals surface area contributed by atoms with Crippen LogP contribution in [0.1, 0.15) is 12.8 Å². The molecule has 1 fully saturated rings. The molecule has 15 heavy (non-hydrogen) atoms. The summed E-state index contributed by atoms with van der Waals surface area (Å²) in [4.78, 5) is 23.6. The predicted molar refractivity (Wildman–Crippen MR) is 55.9 cm³/mol. The number of hydrogen-bond donors (Lipinski definition) is 3. The van der Waals surface area contributed by atoms with Gasteiger partial charge in [0.25, 0.3) is 0 Å². The van der Waals surface area contributed by atoms with Gasteiger partial charge in [0.05, 0.1) is 6.54 Å². The average Bonchev–Trinajstić information content (AvgIpc) is 2.17. The molecule has 0 unspecified atom stereocenters. The van der Waals surface area contributed by atoms with Gasteiger partial charge in [-0.3, -0.25) is 15.0 Å². The van der Waals surface area contributed by atoms with Crippen LogP contribution in [-0.2, 0) is 4.79 Å². The van der Waals surface area contributed by atoms with Crippen LogP contribution in [0.5, 0.6) is 0 Å². The van der Waals surface area contributed by atoms with E-state index in [4.69, 9.17) is 11.5 Å². The molecule has 0 spiro atoms. The zero-order valence-corrected chi connectivity index (χ0v) is 8.74. The van der Waals surface area contributed by atoms with Gasteiger partial charge in [-0.15, -0.1) is 0 Å². The molecule has 6 heteroatoms. The van der Waals surface area contributed by atoms with Crippen molar-refractivity contribution < 1.29 is 9.59 Å². The van der Waals surface area contributed by atoms with Crippen LogP contribution in [0.2, 0.25) is 0 Å². The van der Waals surface area contributed by atoms with Crippen LogP contribution in [0.15, 0.2) is 0 Å². The van der Waals surface area contributed by atoms with Crippen LogP contribution in [0.25, 0.3) is 0 Å². The minimum absolute atomic E-state index is 0.236. The van der Waals surface area contributed by atoms with Crippen molar-refractivity contribution in [3.05, 3.63) is 0 Å². The molecule has 0 aromatic rings. The lowest BCUT2D eigenvalue weighted by Gasteiger charge is -2.30. The first kappa shape index (κ1) is 11.9. The van der Waals surface area contributed by atoms with E-state index in [1.807, 2.05) is 10.2 Å². The van der Waals surface area contributed by atoms with Crippen molar-refractivity contribution in [2.45, 2.75) is 12.8 Å². The summed E-state index contributed by atoms with van der Waals surface area (Å²) in [5.74, 6) is 0.231. The van der Waals surface area contributed by atoms with Gasteiger partial charge >= 0.3 is 6.03 Å². The standard InChI is InChI=1S/C9H18N4O2/c10-5-7-1-3-13(4-2-7)6-8(14)12-9(11)15/h7H,1-6,10H2,(H3,11,12,14,15). The largest absolute Gasteiger partial charge is 0.351 e. The van der Waals surface area contributed by atoms with Crippen LogP contribution in [0, 0.1) is 5.92 Å². The molecule has 0 aliphatic carbocycles. The van der Waals surface area contributed by atoms with Crippen molar-refractivity contribution in [2.75, 3.05) is 26.2 Å². The number of nitrogens with two attached hydrogens (primary N) is 2. The average molecular weight is 214 g/mol. The normalized spacial score (nSPS) is 18.7. The smallest absolute Gasteiger partial charge is 0.318 e. The third kappa shape index (κ3) is 4.26. The zero-order valence-electron chi connectivity index (χ0n) is 8.74. The number of hydrogen-bond acceptors (Lipinski definition) is 4. The number of carbonyl (C=O) groups is 2. The Bertz CT molecular complexity index is 236. The fraction of sp³-hybridized carbons (Fsp3) is 0.778. The van der Waals surface area contributed by atoms with Gasteiger partial charge < -0.3 is 11.5 Å². The summed E-state index contributed by atoms with van der Waals surface area (Å²) in [7, 11) is 0. The van der Waals surface area contributed by atoms with Crippen LogP contribution in [-0.4, -0.2) is 43.0 Å². The number of nitrogens with one attached hydrogen (secondary N) is 1. The molecule has 0 bridgehead atoms. The highest BCUT2D eigenvalue weighted by molar-refractivity contribution is 5.94. The summed E-state index contributed by atoms with van der Waals surface area (Å²) >= 11 is 0. The number of likely N-dealkylation sites (tertiary alicyclic amines) is 1. The molecule has 1 aliphatic rings. The van der Waals surface area contributed by atoms with E-state index in [9.17, 15) is 9.59 Å². The van der Waals surface area contributed by atoms with Gasteiger partial charge in [-0.1, -0.05) is 0 Å². The van der Waals surface area contributed by atoms with Gasteiger partial charge in [0.15, 0.2) is 0 Å². The van der Waals surface area contributed by atoms with Crippen LogP contribution in [0.4, 0.5) is 4.79 Å². The summed E-state index contributed by atoms with van der Waals surface area (Å²) in [5.41, 5.74) is 10.4. The number of piperidine rings is 1. The van der Waals surface area contributed by atoms with Crippen molar-refractivity contribution in [3.63, 3.8) is 0 Å². The van der Waals surface area contributed by atoms with Gasteiger partial charge in [0, 0.05) is 0 Å². The van der Waals surface area contributed by atoms with Gasteiger partial charge in [-0.05, 0) is 38.4 Å². The highest BCUT2D eigenvalue weighted by Crippen LogP contribution is 2.14. The van der Waals surface area contributed by atoms with Crippen molar-refractivity contribution in [3.8, 4) is 0 Å². The molecule has 0 aromatic heterocycles. The highest BCUT2D eigenvalue weighted by atomic mass is 16.2. The Morgan fingerprint density at radius 2 is 1.93 bits per heavy atom. The number of primary amides is 1. The lowest BCUT2D eigenvalue weighted by molar-refractivity contribution is -0.121. The summed E-state index contributed by atoms with van der Waals surface area (Å²) in [6.45, 7) is 2.66. The summed E-state index contributed by atoms with van der Waals surface area (Å²) in [6.07, 6.45) is 2.03. The predicted octanol–water partition coefficient (Wildman–Crippen LogP) is -1.15. The Balaban J connectivity index is 2.23. The SMILES string of the molecule is NCC1CCN(CC(=O)NC(N)=O)CC1. The molecule has 5 N–H and O–H groups in total. The van der Waals surface area contributed by atoms with Crippen LogP contribution >= 0.6 is 0 Å². The third-order valence-corrected chi connectivity index (χ3v) is 2.67. The number of rotatable bonds is 3. The second-order valence-electron chi connectivity index (χ2n) is 3.87. The summed E-state index contributed by atoms with van der Waals surface area (Å²) in [6, 6.07) is -0.795. The maximum absolute atomic E-state index is 11.2. The van der Waals surface area contributed by atoms with E-state index in [1.54, 1.807) is 0 Å². The van der Waals surface area contributed by atoms with Crippen LogP contribution < -0.4 is 16.8 Å². The van der Waals surface area contributed by atoms with E-state index in [1.165, 1.54) is 0 Å². The van der Waals surface area contributed by atoms with E-state index >= 15 is 0 Å². The molecule has 0 radical (unpaired) electrons. The Morgan fingerprint density at radius 1 is 1.33 bits per heavy atom. The minimum Gasteiger partial charge on any atom is -0.351 e. The van der Waals surface area contributed by atoms with Gasteiger partial charge in [-0.2, -0.15) is 0 Å². The summed E-state index contributed by atoms with van der Waals surface area (Å²) < 4.78 is 0. The summed E-state index contributed by atoms with van der Waals surface area (Å²) in [5, 5.41) is 2.05. The first-order chi connectivity index (χ1) is 7.11. The molecule has 1 heterocycles. The Hall–Kier alpha value is -1.14. The second kappa shape index (κ2) is 5.67. The quantitative estimate of drug-likeness (QED) is 0.552. The van der Waals surface area contributed by atoms with E-state index < -0.39 is 6.03 Å². The number of nitrogens with zero attached hydrogens (tertiary/aromatic N) is 1. The monoisotopic (exact) mass is 214 g/mol. The molecular weight excluding hydrogens is 196 g/mol. The number of urea groups is 1. The Morgan fingerprint density at radius 3 is 2.40 bits per heavy atom. The molecule has 6 nitrogen and oxygen atoms in total. The lowest BCUT2D eigenvalue weighted by atomic mass is 9.97. The van der Waals surface area contributed by atoms with Gasteiger partial charge in [0.2, 0.25) is 5.91 Å². The first-order valence-electron chi connectivity index (χ1n) is 5.13. The van der Waals surface area contributed by atoms with E-state index in [0.29, 0.717) is 12.5 Å². The van der Waals surface area contributed by atoms with Gasteiger partial charge in [0.1, 0.15) is 0 Å². The first-order valence-corrected chi connectivity index (χ1v) is 5.13. The molecule has 1 rings (SSSR count).